The van der Waals surface area contributed by atoms with E-state index in [9.17, 15) is 38.4 Å². The van der Waals surface area contributed by atoms with Gasteiger partial charge < -0.3 is 70.4 Å². The first-order chi connectivity index (χ1) is 31.4. The van der Waals surface area contributed by atoms with E-state index in [1.807, 2.05) is 60.7 Å². The van der Waals surface area contributed by atoms with Gasteiger partial charge in [-0.15, -0.1) is 0 Å². The molecule has 22 nitrogen and oxygen atoms in total. The van der Waals surface area contributed by atoms with Crippen LogP contribution >= 0.6 is 0 Å². The third-order valence-electron chi connectivity index (χ3n) is 9.94. The van der Waals surface area contributed by atoms with Crippen LogP contribution in [-0.4, -0.2) is 158 Å². The van der Waals surface area contributed by atoms with Crippen LogP contribution in [0.4, 0.5) is 0 Å². The van der Waals surface area contributed by atoms with Crippen LogP contribution in [0.5, 0.6) is 0 Å². The van der Waals surface area contributed by atoms with Gasteiger partial charge in [0.15, 0.2) is 5.96 Å². The minimum Gasteiger partial charge on any atom is -0.370 e. The maximum absolute atomic E-state index is 13.7. The van der Waals surface area contributed by atoms with E-state index in [0.29, 0.717) is 32.2 Å². The van der Waals surface area contributed by atoms with Gasteiger partial charge in [-0.05, 0) is 36.8 Å². The SMILES string of the molecule is CC(=O)NCCN(CC(=O)NCCN(CC(=O)NCCN(CC(=O)NCCC(N)=O)C(=O)C[C@@H](N)CCCN=C(N)N)C(=O)C[C@@H](N)Cc1ccccc1)C(=O)C[C@@H](N)Cc1ccccc1. The molecule has 0 unspecified atom stereocenters. The topological polar surface area (TPSA) is 363 Å². The van der Waals surface area contributed by atoms with E-state index in [1.54, 1.807) is 0 Å². The summed E-state index contributed by atoms with van der Waals surface area (Å²) in [7, 11) is 0. The predicted molar refractivity (Wildman–Crippen MR) is 249 cm³/mol. The minimum absolute atomic E-state index is 0.0323. The van der Waals surface area contributed by atoms with Gasteiger partial charge in [-0.1, -0.05) is 60.7 Å². The Bertz CT molecular complexity index is 1880. The number of nitrogens with two attached hydrogens (primary N) is 6. The lowest BCUT2D eigenvalue weighted by Gasteiger charge is -2.26. The number of carbonyl (C=O) groups excluding carboxylic acids is 8. The molecule has 16 N–H and O–H groups in total. The van der Waals surface area contributed by atoms with Crippen molar-refractivity contribution in [2.45, 2.75) is 76.4 Å². The molecule has 364 valence electrons. The molecule has 0 bridgehead atoms. The van der Waals surface area contributed by atoms with E-state index < -0.39 is 66.7 Å². The number of hydrogen-bond acceptors (Lipinski definition) is 12. The second-order valence-electron chi connectivity index (χ2n) is 15.9. The number of primary amides is 1. The smallest absolute Gasteiger partial charge is 0.239 e. The van der Waals surface area contributed by atoms with Gasteiger partial charge in [0.1, 0.15) is 0 Å². The number of rotatable bonds is 32. The molecule has 8 amide bonds. The number of nitrogens with one attached hydrogen (secondary N) is 4. The van der Waals surface area contributed by atoms with Crippen LogP contribution in [-0.2, 0) is 51.2 Å². The molecule has 0 heterocycles. The summed E-state index contributed by atoms with van der Waals surface area (Å²) >= 11 is 0. The van der Waals surface area contributed by atoms with Crippen molar-refractivity contribution in [3.05, 3.63) is 71.8 Å². The van der Waals surface area contributed by atoms with Crippen LogP contribution in [0.3, 0.4) is 0 Å². The highest BCUT2D eigenvalue weighted by atomic mass is 16.2. The van der Waals surface area contributed by atoms with Crippen LogP contribution in [0.2, 0.25) is 0 Å². The standard InChI is InChI=1S/C44H70N14O8/c1-31(59)51-17-20-56(42(65)26-35(46)23-32-9-4-2-5-10-32)29-39(62)54-19-22-58(43(66)27-36(47)24-33-11-6-3-7-12-33)30-40(63)53-18-21-57(28-38(61)52-16-14-37(48)60)41(64)25-34(45)13-8-15-55-44(49)50/h2-7,9-12,34-36H,8,13-30,45-47H2,1H3,(H2,48,60)(H,51,59)(H,52,61)(H,53,63)(H,54,62)(H4,49,50,55)/t34-,35-,36-/m0/s1. The molecular weight excluding hydrogens is 853 g/mol. The summed E-state index contributed by atoms with van der Waals surface area (Å²) in [5.74, 6) is -3.99. The second kappa shape index (κ2) is 31.3. The third kappa shape index (κ3) is 25.6. The zero-order valence-corrected chi connectivity index (χ0v) is 38.0. The molecule has 22 heteroatoms. The van der Waals surface area contributed by atoms with E-state index in [1.165, 1.54) is 21.6 Å². The molecule has 0 aliphatic heterocycles. The lowest BCUT2D eigenvalue weighted by molar-refractivity contribution is -0.137. The zero-order chi connectivity index (χ0) is 48.9. The van der Waals surface area contributed by atoms with Gasteiger partial charge in [-0.25, -0.2) is 0 Å². The molecule has 0 spiro atoms. The lowest BCUT2D eigenvalue weighted by atomic mass is 10.0. The van der Waals surface area contributed by atoms with Gasteiger partial charge >= 0.3 is 0 Å². The molecule has 0 saturated carbocycles. The molecule has 2 rings (SSSR count). The molecule has 2 aromatic carbocycles. The van der Waals surface area contributed by atoms with Gasteiger partial charge in [-0.3, -0.25) is 43.3 Å². The Kier molecular flexibility index (Phi) is 26.3. The average molecular weight is 923 g/mol. The monoisotopic (exact) mass is 923 g/mol. The fourth-order valence-electron chi connectivity index (χ4n) is 6.62. The van der Waals surface area contributed by atoms with E-state index in [2.05, 4.69) is 26.3 Å². The first-order valence-electron chi connectivity index (χ1n) is 22.0. The number of amides is 8. The second-order valence-corrected chi connectivity index (χ2v) is 15.9. The summed E-state index contributed by atoms with van der Waals surface area (Å²) in [5, 5.41) is 10.6. The molecule has 0 aliphatic carbocycles. The zero-order valence-electron chi connectivity index (χ0n) is 38.0. The summed E-state index contributed by atoms with van der Waals surface area (Å²) < 4.78 is 0. The summed E-state index contributed by atoms with van der Waals surface area (Å²) in [6.07, 6.45) is 1.36. The van der Waals surface area contributed by atoms with Crippen molar-refractivity contribution in [3.63, 3.8) is 0 Å². The lowest BCUT2D eigenvalue weighted by Crippen LogP contribution is -2.49. The van der Waals surface area contributed by atoms with Crippen molar-refractivity contribution in [1.82, 2.24) is 36.0 Å². The fraction of sp³-hybridized carbons (Fsp3) is 0.523. The molecule has 2 aromatic rings. The number of guanidine groups is 1. The maximum Gasteiger partial charge on any atom is 0.239 e. The van der Waals surface area contributed by atoms with Crippen molar-refractivity contribution < 1.29 is 38.4 Å². The van der Waals surface area contributed by atoms with Crippen molar-refractivity contribution in [2.75, 3.05) is 72.0 Å². The Balaban J connectivity index is 2.12. The van der Waals surface area contributed by atoms with Crippen LogP contribution in [0.15, 0.2) is 65.7 Å². The molecular formula is C44H70N14O8. The highest BCUT2D eigenvalue weighted by Crippen LogP contribution is 2.09. The van der Waals surface area contributed by atoms with Crippen LogP contribution in [0.25, 0.3) is 0 Å². The molecule has 66 heavy (non-hydrogen) atoms. The number of aliphatic imine (C=N–C) groups is 1. The minimum atomic E-state index is -0.615. The highest BCUT2D eigenvalue weighted by molar-refractivity contribution is 5.87. The Morgan fingerprint density at radius 3 is 1.30 bits per heavy atom. The predicted octanol–water partition coefficient (Wildman–Crippen LogP) is -3.48. The summed E-state index contributed by atoms with van der Waals surface area (Å²) in [4.78, 5) is 110. The van der Waals surface area contributed by atoms with Gasteiger partial charge in [0.2, 0.25) is 47.3 Å². The van der Waals surface area contributed by atoms with Crippen molar-refractivity contribution in [3.8, 4) is 0 Å². The van der Waals surface area contributed by atoms with Crippen molar-refractivity contribution in [2.24, 2.45) is 39.4 Å². The molecule has 0 radical (unpaired) electrons. The maximum atomic E-state index is 13.7. The first kappa shape index (κ1) is 55.5. The first-order valence-corrected chi connectivity index (χ1v) is 22.0. The molecule has 0 fully saturated rings. The van der Waals surface area contributed by atoms with Crippen LogP contribution in [0.1, 0.15) is 56.6 Å². The van der Waals surface area contributed by atoms with Crippen LogP contribution in [0, 0.1) is 0 Å². The summed E-state index contributed by atoms with van der Waals surface area (Å²) in [6.45, 7) is 0.190. The molecule has 0 aromatic heterocycles. The molecule has 3 atom stereocenters. The van der Waals surface area contributed by atoms with Gasteiger partial charge in [-0.2, -0.15) is 0 Å². The number of hydrogen-bond donors (Lipinski definition) is 10. The Morgan fingerprint density at radius 2 is 0.924 bits per heavy atom. The van der Waals surface area contributed by atoms with Crippen molar-refractivity contribution in [1.29, 1.82) is 0 Å². The number of benzene rings is 2. The largest absolute Gasteiger partial charge is 0.370 e. The number of carbonyl (C=O) groups is 8. The van der Waals surface area contributed by atoms with E-state index in [0.717, 1.165) is 11.1 Å². The highest BCUT2D eigenvalue weighted by Gasteiger charge is 2.24. The Morgan fingerprint density at radius 1 is 0.545 bits per heavy atom. The normalized spacial score (nSPS) is 12.1. The fourth-order valence-corrected chi connectivity index (χ4v) is 6.62. The Labute approximate surface area is 386 Å². The average Bonchev–Trinajstić information content (AvgIpc) is 3.24. The Hall–Kier alpha value is -6.65. The van der Waals surface area contributed by atoms with Crippen molar-refractivity contribution >= 4 is 53.2 Å². The van der Waals surface area contributed by atoms with Gasteiger partial charge in [0.25, 0.3) is 0 Å². The quantitative estimate of drug-likeness (QED) is 0.0194. The van der Waals surface area contributed by atoms with Crippen LogP contribution < -0.4 is 55.7 Å². The molecule has 0 aliphatic rings. The number of nitrogens with zero attached hydrogens (tertiary/aromatic N) is 4. The third-order valence-corrected chi connectivity index (χ3v) is 9.94. The molecule has 0 saturated heterocycles. The van der Waals surface area contributed by atoms with E-state index in [4.69, 9.17) is 34.4 Å². The van der Waals surface area contributed by atoms with Gasteiger partial charge in [0, 0.05) is 103 Å². The van der Waals surface area contributed by atoms with E-state index >= 15 is 0 Å². The summed E-state index contributed by atoms with van der Waals surface area (Å²) in [5.41, 5.74) is 36.6. The summed E-state index contributed by atoms with van der Waals surface area (Å²) in [6, 6.07) is 17.1. The van der Waals surface area contributed by atoms with Gasteiger partial charge in [0.05, 0.1) is 19.6 Å². The van der Waals surface area contributed by atoms with E-state index in [-0.39, 0.29) is 95.8 Å².